The summed E-state index contributed by atoms with van der Waals surface area (Å²) in [6.45, 7) is -0.153. The highest BCUT2D eigenvalue weighted by Crippen LogP contribution is 2.36. The van der Waals surface area contributed by atoms with Gasteiger partial charge in [0.15, 0.2) is 5.69 Å². The second-order valence-electron chi connectivity index (χ2n) is 8.04. The average molecular weight is 483 g/mol. The molecular formula is C19H23F6N5O3. The second-order valence-corrected chi connectivity index (χ2v) is 8.04. The van der Waals surface area contributed by atoms with Crippen LogP contribution in [0.5, 0.6) is 0 Å². The van der Waals surface area contributed by atoms with Gasteiger partial charge in [-0.05, 0) is 12.8 Å². The Morgan fingerprint density at radius 3 is 2.45 bits per heavy atom. The molecule has 0 aliphatic carbocycles. The first-order valence-electron chi connectivity index (χ1n) is 10.2. The van der Waals surface area contributed by atoms with Gasteiger partial charge in [-0.15, -0.1) is 0 Å². The van der Waals surface area contributed by atoms with E-state index in [1.165, 1.54) is 12.0 Å². The lowest BCUT2D eigenvalue weighted by Crippen LogP contribution is -2.48. The van der Waals surface area contributed by atoms with Crippen LogP contribution in [0, 0.1) is 0 Å². The highest BCUT2D eigenvalue weighted by atomic mass is 19.4. The van der Waals surface area contributed by atoms with Crippen LogP contribution < -0.4 is 5.73 Å². The maximum absolute atomic E-state index is 13.3. The summed E-state index contributed by atoms with van der Waals surface area (Å²) in [5, 5.41) is 0. The first-order valence-corrected chi connectivity index (χ1v) is 10.2. The molecule has 0 bridgehead atoms. The summed E-state index contributed by atoms with van der Waals surface area (Å²) in [5.41, 5.74) is 3.43. The van der Waals surface area contributed by atoms with E-state index in [4.69, 9.17) is 10.5 Å². The summed E-state index contributed by atoms with van der Waals surface area (Å²) in [5.74, 6) is -2.62. The molecule has 2 aliphatic rings. The summed E-state index contributed by atoms with van der Waals surface area (Å²) >= 11 is 0. The Morgan fingerprint density at radius 2 is 1.88 bits per heavy atom. The van der Waals surface area contributed by atoms with E-state index >= 15 is 0 Å². The van der Waals surface area contributed by atoms with Crippen molar-refractivity contribution in [2.45, 2.75) is 56.7 Å². The number of nitrogens with zero attached hydrogens (tertiary/aromatic N) is 4. The second kappa shape index (κ2) is 9.41. The van der Waals surface area contributed by atoms with Gasteiger partial charge in [0.1, 0.15) is 0 Å². The number of aromatic nitrogens is 2. The Bertz CT molecular complexity index is 907. The molecule has 184 valence electrons. The van der Waals surface area contributed by atoms with Gasteiger partial charge in [-0.2, -0.15) is 26.3 Å². The third-order valence-corrected chi connectivity index (χ3v) is 5.64. The Hall–Kier alpha value is -2.48. The summed E-state index contributed by atoms with van der Waals surface area (Å²) in [6, 6.07) is -0.746. The molecule has 1 aromatic heterocycles. The lowest BCUT2D eigenvalue weighted by molar-refractivity contribution is -0.153. The Balaban J connectivity index is 1.68. The fourth-order valence-electron chi connectivity index (χ4n) is 3.95. The van der Waals surface area contributed by atoms with Crippen molar-refractivity contribution in [3.8, 4) is 0 Å². The molecule has 0 aromatic carbocycles. The first kappa shape index (κ1) is 25.1. The fraction of sp³-hybridized carbons (Fsp3) is 0.684. The van der Waals surface area contributed by atoms with Gasteiger partial charge in [-0.3, -0.25) is 9.59 Å². The maximum atomic E-state index is 13.3. The Kier molecular flexibility index (Phi) is 7.17. The van der Waals surface area contributed by atoms with Crippen molar-refractivity contribution < 1.29 is 40.7 Å². The summed E-state index contributed by atoms with van der Waals surface area (Å²) in [7, 11) is 1.51. The zero-order valence-electron chi connectivity index (χ0n) is 17.7. The van der Waals surface area contributed by atoms with Gasteiger partial charge in [-0.1, -0.05) is 0 Å². The number of rotatable bonds is 5. The molecule has 2 atom stereocenters. The van der Waals surface area contributed by atoms with Crippen molar-refractivity contribution in [1.29, 1.82) is 0 Å². The third-order valence-electron chi connectivity index (χ3n) is 5.64. The molecule has 2 aliphatic heterocycles. The zero-order chi connectivity index (χ0) is 24.6. The number of methoxy groups -OCH3 is 1. The number of hydrogen-bond acceptors (Lipinski definition) is 6. The predicted molar refractivity (Wildman–Crippen MR) is 100 cm³/mol. The number of fused-ring (bicyclic) bond motifs is 1. The zero-order valence-corrected chi connectivity index (χ0v) is 17.7. The number of halogens is 6. The van der Waals surface area contributed by atoms with Crippen molar-refractivity contribution in [1.82, 2.24) is 19.8 Å². The van der Waals surface area contributed by atoms with Crippen LogP contribution in [-0.4, -0.2) is 70.5 Å². The van der Waals surface area contributed by atoms with Crippen LogP contribution in [0.3, 0.4) is 0 Å². The van der Waals surface area contributed by atoms with Crippen molar-refractivity contribution in [2.24, 2.45) is 5.73 Å². The molecule has 8 nitrogen and oxygen atoms in total. The summed E-state index contributed by atoms with van der Waals surface area (Å²) < 4.78 is 84.1. The van der Waals surface area contributed by atoms with E-state index in [9.17, 15) is 35.9 Å². The van der Waals surface area contributed by atoms with Gasteiger partial charge in [0.2, 0.25) is 17.6 Å². The molecule has 14 heteroatoms. The molecule has 1 fully saturated rings. The molecule has 0 spiro atoms. The number of ether oxygens (including phenoxy) is 1. The molecule has 3 rings (SSSR count). The van der Waals surface area contributed by atoms with Crippen LogP contribution in [0.4, 0.5) is 26.3 Å². The van der Waals surface area contributed by atoms with Crippen LogP contribution in [-0.2, 0) is 39.6 Å². The molecule has 3 heterocycles. The van der Waals surface area contributed by atoms with Crippen LogP contribution >= 0.6 is 0 Å². The SMILES string of the molecule is COC1CCN(C[C@@H](N)CC(=O)N2CCc3c(nc(C(F)(F)F)nc3C(F)(F)F)C2)C(=O)C1. The number of likely N-dealkylation sites (tertiary alicyclic amines) is 1. The standard InChI is InChI=1S/C19H23F6N5O3/c1-33-11-2-4-29(15(32)7-11)8-10(26)6-14(31)30-5-3-12-13(9-30)27-17(19(23,24)25)28-16(12)18(20,21)22/h10-11H,2-9,26H2,1H3/t10-,11?/m0/s1. The quantitative estimate of drug-likeness (QED) is 0.641. The van der Waals surface area contributed by atoms with Crippen molar-refractivity contribution in [2.75, 3.05) is 26.7 Å². The molecule has 0 radical (unpaired) electrons. The van der Waals surface area contributed by atoms with Crippen molar-refractivity contribution in [3.05, 3.63) is 22.8 Å². The van der Waals surface area contributed by atoms with Gasteiger partial charge in [-0.25, -0.2) is 9.97 Å². The summed E-state index contributed by atoms with van der Waals surface area (Å²) in [6.07, 6.45) is -10.2. The van der Waals surface area contributed by atoms with Gasteiger partial charge in [0.25, 0.3) is 0 Å². The molecule has 2 N–H and O–H groups in total. The number of alkyl halides is 6. The molecular weight excluding hydrogens is 460 g/mol. The van der Waals surface area contributed by atoms with Crippen LogP contribution in [0.25, 0.3) is 0 Å². The van der Waals surface area contributed by atoms with E-state index in [1.807, 2.05) is 0 Å². The number of carbonyl (C=O) groups is 2. The smallest absolute Gasteiger partial charge is 0.381 e. The van der Waals surface area contributed by atoms with Gasteiger partial charge in [0.05, 0.1) is 24.8 Å². The van der Waals surface area contributed by atoms with E-state index in [2.05, 4.69) is 9.97 Å². The third kappa shape index (κ3) is 5.91. The van der Waals surface area contributed by atoms with E-state index in [0.717, 1.165) is 4.90 Å². The van der Waals surface area contributed by atoms with Gasteiger partial charge in [0, 0.05) is 44.8 Å². The van der Waals surface area contributed by atoms with Crippen LogP contribution in [0.2, 0.25) is 0 Å². The maximum Gasteiger partial charge on any atom is 0.451 e. The Labute approximate surface area is 185 Å². The number of amides is 2. The minimum Gasteiger partial charge on any atom is -0.381 e. The Morgan fingerprint density at radius 1 is 1.18 bits per heavy atom. The normalized spacial score (nSPS) is 20.6. The van der Waals surface area contributed by atoms with Crippen molar-refractivity contribution >= 4 is 11.8 Å². The molecule has 1 saturated heterocycles. The van der Waals surface area contributed by atoms with Crippen molar-refractivity contribution in [3.63, 3.8) is 0 Å². The number of carbonyl (C=O) groups excluding carboxylic acids is 2. The minimum atomic E-state index is -5.17. The van der Waals surface area contributed by atoms with E-state index in [1.54, 1.807) is 0 Å². The molecule has 1 aromatic rings. The van der Waals surface area contributed by atoms with E-state index < -0.39 is 53.6 Å². The number of hydrogen-bond donors (Lipinski definition) is 1. The number of piperidine rings is 1. The predicted octanol–water partition coefficient (Wildman–Crippen LogP) is 1.75. The highest BCUT2D eigenvalue weighted by molar-refractivity contribution is 5.79. The fourth-order valence-corrected chi connectivity index (χ4v) is 3.95. The van der Waals surface area contributed by atoms with E-state index in [0.29, 0.717) is 13.0 Å². The van der Waals surface area contributed by atoms with Gasteiger partial charge < -0.3 is 20.3 Å². The highest BCUT2D eigenvalue weighted by Gasteiger charge is 2.43. The molecule has 0 saturated carbocycles. The van der Waals surface area contributed by atoms with Gasteiger partial charge >= 0.3 is 12.4 Å². The average Bonchev–Trinajstić information content (AvgIpc) is 2.72. The lowest BCUT2D eigenvalue weighted by Gasteiger charge is -2.34. The summed E-state index contributed by atoms with van der Waals surface area (Å²) in [4.78, 5) is 33.4. The lowest BCUT2D eigenvalue weighted by atomic mass is 10.0. The molecule has 1 unspecified atom stereocenters. The van der Waals surface area contributed by atoms with Crippen LogP contribution in [0.1, 0.15) is 42.0 Å². The van der Waals surface area contributed by atoms with Crippen LogP contribution in [0.15, 0.2) is 0 Å². The topological polar surface area (TPSA) is 102 Å². The monoisotopic (exact) mass is 483 g/mol. The first-order chi connectivity index (χ1) is 15.3. The van der Waals surface area contributed by atoms with E-state index in [-0.39, 0.29) is 44.4 Å². The number of nitrogens with two attached hydrogens (primary N) is 1. The molecule has 33 heavy (non-hydrogen) atoms. The molecule has 2 amide bonds. The largest absolute Gasteiger partial charge is 0.451 e. The minimum absolute atomic E-state index is 0.101.